The normalized spacial score (nSPS) is 26.1. The quantitative estimate of drug-likeness (QED) is 0.0819. The third-order valence-corrected chi connectivity index (χ3v) is 153. The van der Waals surface area contributed by atoms with Crippen LogP contribution >= 0.6 is 177 Å². The Kier molecular flexibility index (Phi) is 50.3. The van der Waals surface area contributed by atoms with Crippen LogP contribution < -0.4 is 9.47 Å². The zero-order chi connectivity index (χ0) is 56.5. The number of fused-ring (bicyclic) bond motifs is 11. The van der Waals surface area contributed by atoms with Crippen LogP contribution in [0.1, 0.15) is 108 Å². The van der Waals surface area contributed by atoms with Gasteiger partial charge in [-0.3, -0.25) is 24.0 Å². The van der Waals surface area contributed by atoms with Crippen molar-refractivity contribution in [1.82, 2.24) is 0 Å². The maximum atomic E-state index is 13.5. The standard InChI is InChI=1S/C24H30O6.C20H22O5.H24P22.8V/c1-4-27-20(25)24-17-10-7-9-16(17)23(28-13-22(2,3)14-29-23)12-18(24)15-8-5-6-11-19(15)30-21(24)26;1-2-24-18(22)20-14-9-5-3-7-12(14)16(21)11-15(20)13-8-4-6-10-17(13)25-19(20)23;1-13(2)19(14(3)4)22(20(15(5)6)16(7)8)21(17(9)10)18(11)12;;;;;;;;/h5-6,8,11,16-18H,4,7,9-10,12-14H2,1-3H3;4,6,8,10,12,14-15H,2-3,5,7,9,11H2,1H3;1-12H2;;;;;;;;. The summed E-state index contributed by atoms with van der Waals surface area (Å²) in [5.74, 6) is -3.35. The smallest absolute Gasteiger partial charge is 0.329 e. The molecule has 2 aromatic carbocycles. The van der Waals surface area contributed by atoms with Gasteiger partial charge in [-0.2, -0.15) is 0 Å². The zero-order valence-corrected chi connectivity index (χ0v) is 81.2. The van der Waals surface area contributed by atoms with Crippen LogP contribution in [0.5, 0.6) is 11.5 Å². The van der Waals surface area contributed by atoms with Crippen LogP contribution in [0.2, 0.25) is 0 Å². The number of benzene rings is 2. The number of Topliss-reactive ketones (excluding diaryl/α,β-unsaturated/α-hetero) is 1. The van der Waals surface area contributed by atoms with Gasteiger partial charge < -0.3 is 28.4 Å². The molecule has 85 heavy (non-hydrogen) atoms. The maximum absolute atomic E-state index is 13.5. The number of para-hydroxylation sites is 2. The molecule has 0 amide bonds. The first-order chi connectivity index (χ1) is 36.4. The molecule has 20 unspecified atom stereocenters. The van der Waals surface area contributed by atoms with Crippen molar-refractivity contribution in [1.29, 1.82) is 0 Å². The molecule has 2 aromatic rings. The fraction of sp³-hybridized carbons (Fsp3) is 0.614. The van der Waals surface area contributed by atoms with E-state index in [1.807, 2.05) is 30.3 Å². The minimum Gasteiger partial charge on any atom is -0.465 e. The summed E-state index contributed by atoms with van der Waals surface area (Å²) in [4.78, 5) is 66.1. The molecule has 3 heterocycles. The third-order valence-electron chi connectivity index (χ3n) is 15.5. The topological polar surface area (TPSA) is 141 Å². The summed E-state index contributed by atoms with van der Waals surface area (Å²) in [5, 5.41) is 0. The van der Waals surface area contributed by atoms with Gasteiger partial charge in [0.2, 0.25) is 0 Å². The minimum absolute atomic E-state index is 0. The van der Waals surface area contributed by atoms with Crippen molar-refractivity contribution < 1.29 is 201 Å². The first-order valence-electron chi connectivity index (χ1n) is 25.1. The van der Waals surface area contributed by atoms with Gasteiger partial charge in [0.15, 0.2) is 16.6 Å². The third kappa shape index (κ3) is 21.6. The predicted molar refractivity (Wildman–Crippen MR) is 382 cm³/mol. The fourth-order valence-electron chi connectivity index (χ4n) is 12.5. The molecule has 20 atom stereocenters. The monoisotopic (exact) mass is 1870 g/mol. The van der Waals surface area contributed by atoms with Gasteiger partial charge in [-0.15, -0.1) is 107 Å². The molecule has 0 aromatic heterocycles. The van der Waals surface area contributed by atoms with E-state index in [-0.39, 0.29) is 273 Å². The van der Waals surface area contributed by atoms with Gasteiger partial charge in [0.1, 0.15) is 17.3 Å². The summed E-state index contributed by atoms with van der Waals surface area (Å²) in [7, 11) is 38.2. The Labute approximate surface area is 639 Å². The van der Waals surface area contributed by atoms with E-state index in [1.165, 1.54) is 0 Å². The molecular weight excluding hydrogens is 1790 g/mol. The van der Waals surface area contributed by atoms with E-state index in [0.29, 0.717) is 37.6 Å². The van der Waals surface area contributed by atoms with E-state index < -0.39 is 52.3 Å². The van der Waals surface area contributed by atoms with Crippen LogP contribution in [0.25, 0.3) is 0 Å². The van der Waals surface area contributed by atoms with Crippen LogP contribution in [0.15, 0.2) is 48.5 Å². The summed E-state index contributed by atoms with van der Waals surface area (Å²) in [5.41, 5.74) is -1.14. The molecule has 1 spiro atoms. The Morgan fingerprint density at radius 1 is 0.506 bits per heavy atom. The van der Waals surface area contributed by atoms with Crippen molar-refractivity contribution in [2.75, 3.05) is 26.4 Å². The second-order valence-electron chi connectivity index (χ2n) is 20.6. The van der Waals surface area contributed by atoms with Gasteiger partial charge in [0, 0.05) is 196 Å². The molecule has 7 aliphatic rings. The first kappa shape index (κ1) is 97.1. The molecule has 468 valence electrons. The Hall–Kier alpha value is 10.0. The van der Waals surface area contributed by atoms with E-state index >= 15 is 0 Å². The molecule has 8 radical (unpaired) electrons. The Balaban J connectivity index is 0. The van der Waals surface area contributed by atoms with Crippen LogP contribution in [-0.2, 0) is 191 Å². The number of rotatable bonds is 13. The van der Waals surface area contributed by atoms with E-state index in [1.54, 1.807) is 32.0 Å². The molecule has 9 rings (SSSR count). The van der Waals surface area contributed by atoms with Gasteiger partial charge in [-0.1, -0.05) is 69.5 Å². The molecule has 3 aliphatic heterocycles. The Bertz CT molecular complexity index is 2410. The zero-order valence-electron chi connectivity index (χ0n) is 47.2. The Morgan fingerprint density at radius 3 is 1.28 bits per heavy atom. The SMILES string of the molecule is CCOC(=O)C12C(=O)Oc3ccccc3C1CC(=O)C1CCCCC12.CCOC(=O)C12C(=O)Oc3ccccc3C1CC1(OCC(C)(C)CO1)C1CCCC12.PP(P)P(P(P)P)P(P(P(P)P)P(P)P)P(P(P)P)P(P)P.[V].[V].[V].[V].[V].[V].[V].[V]. The predicted octanol–water partition coefficient (Wildman–Crippen LogP) is 19.3. The van der Waals surface area contributed by atoms with Gasteiger partial charge >= 0.3 is 23.9 Å². The maximum Gasteiger partial charge on any atom is 0.329 e. The van der Waals surface area contributed by atoms with Crippen molar-refractivity contribution in [3.05, 3.63) is 59.7 Å². The average molecular weight is 1870 g/mol. The van der Waals surface area contributed by atoms with Gasteiger partial charge in [-0.05, 0) is 139 Å². The molecule has 5 fully saturated rings. The molecule has 0 N–H and O–H groups in total. The van der Waals surface area contributed by atoms with Gasteiger partial charge in [-0.25, -0.2) is 0 Å². The second-order valence-corrected chi connectivity index (χ2v) is 108. The van der Waals surface area contributed by atoms with Crippen molar-refractivity contribution in [2.24, 2.45) is 39.9 Å². The van der Waals surface area contributed by atoms with Gasteiger partial charge in [0.25, 0.3) is 0 Å². The Morgan fingerprint density at radius 2 is 0.871 bits per heavy atom. The first-order valence-corrected chi connectivity index (χ1v) is 64.3. The van der Waals surface area contributed by atoms with Crippen LogP contribution in [-0.4, -0.2) is 61.9 Å². The van der Waals surface area contributed by atoms with Crippen molar-refractivity contribution in [3.63, 3.8) is 0 Å². The molecule has 4 aliphatic carbocycles. The molecule has 11 nitrogen and oxygen atoms in total. The largest absolute Gasteiger partial charge is 0.465 e. The molecular formula is C44H76O11P22V8. The van der Waals surface area contributed by atoms with Crippen molar-refractivity contribution in [3.8, 4) is 11.5 Å². The summed E-state index contributed by atoms with van der Waals surface area (Å²) in [6, 6.07) is 14.7. The average Bonchev–Trinajstić information content (AvgIpc) is 2.38. The number of hydrogen-bond donors (Lipinski definition) is 0. The van der Waals surface area contributed by atoms with Crippen LogP contribution in [0.3, 0.4) is 0 Å². The molecule has 41 heteroatoms. The van der Waals surface area contributed by atoms with Crippen molar-refractivity contribution in [2.45, 2.75) is 103 Å². The number of esters is 4. The fourth-order valence-corrected chi connectivity index (χ4v) is 285. The number of hydrogen-bond acceptors (Lipinski definition) is 11. The number of carbonyl (C=O) groups is 5. The van der Waals surface area contributed by atoms with Crippen molar-refractivity contribution >= 4 is 207 Å². The summed E-state index contributed by atoms with van der Waals surface area (Å²) in [6.45, 7) is 9.90. The van der Waals surface area contributed by atoms with E-state index in [0.717, 1.165) is 49.7 Å². The minimum atomic E-state index is -1.39. The van der Waals surface area contributed by atoms with Crippen LogP contribution in [0, 0.1) is 39.9 Å². The van der Waals surface area contributed by atoms with E-state index in [9.17, 15) is 24.0 Å². The summed E-state index contributed by atoms with van der Waals surface area (Å²) in [6.07, 6.45) is 6.51. The second kappa shape index (κ2) is 44.0. The van der Waals surface area contributed by atoms with E-state index in [2.05, 4.69) is 121 Å². The van der Waals surface area contributed by atoms with Gasteiger partial charge in [0.05, 0.1) is 26.4 Å². The van der Waals surface area contributed by atoms with E-state index in [4.69, 9.17) is 28.4 Å². The summed E-state index contributed by atoms with van der Waals surface area (Å²) < 4.78 is 35.2. The number of ketones is 1. The number of ether oxygens (including phenoxy) is 6. The number of carbonyl (C=O) groups excluding carboxylic acids is 5. The molecule has 1 saturated heterocycles. The molecule has 4 saturated carbocycles. The van der Waals surface area contributed by atoms with Crippen LogP contribution in [0.4, 0.5) is 0 Å². The summed E-state index contributed by atoms with van der Waals surface area (Å²) >= 11 is 0. The molecule has 0 bridgehead atoms.